The predicted molar refractivity (Wildman–Crippen MR) is 108 cm³/mol. The maximum atomic E-state index is 12.5. The normalized spacial score (nSPS) is 15.5. The minimum atomic E-state index is -3.56. The third-order valence-corrected chi connectivity index (χ3v) is 6.53. The van der Waals surface area contributed by atoms with Crippen LogP contribution < -0.4 is 10.0 Å². The van der Waals surface area contributed by atoms with Crippen LogP contribution >= 0.6 is 0 Å². The molecule has 5 nitrogen and oxygen atoms in total. The highest BCUT2D eigenvalue weighted by Crippen LogP contribution is 2.21. The molecule has 1 saturated carbocycles. The third kappa shape index (κ3) is 4.96. The van der Waals surface area contributed by atoms with E-state index in [4.69, 9.17) is 0 Å². The smallest absolute Gasteiger partial charge is 0.255 e. The Labute approximate surface area is 161 Å². The second-order valence-corrected chi connectivity index (χ2v) is 8.97. The number of rotatable bonds is 5. The molecular weight excluding hydrogens is 360 g/mol. The highest BCUT2D eigenvalue weighted by atomic mass is 32.2. The number of nitrogens with one attached hydrogen (secondary N) is 2. The van der Waals surface area contributed by atoms with Crippen LogP contribution in [0.1, 0.15) is 53.6 Å². The molecular formula is C21H26N2O3S. The molecule has 0 radical (unpaired) electrons. The van der Waals surface area contributed by atoms with E-state index in [0.717, 1.165) is 42.5 Å². The number of aryl methyl sites for hydroxylation is 2. The minimum absolute atomic E-state index is 0.0102. The number of hydrogen-bond acceptors (Lipinski definition) is 3. The Balaban J connectivity index is 1.70. The van der Waals surface area contributed by atoms with Crippen LogP contribution in [0.3, 0.4) is 0 Å². The highest BCUT2D eigenvalue weighted by Gasteiger charge is 2.22. The third-order valence-electron chi connectivity index (χ3n) is 5.00. The maximum Gasteiger partial charge on any atom is 0.255 e. The number of benzene rings is 2. The van der Waals surface area contributed by atoms with Crippen LogP contribution in [-0.2, 0) is 10.0 Å². The molecule has 0 unspecified atom stereocenters. The summed E-state index contributed by atoms with van der Waals surface area (Å²) in [5.41, 5.74) is 3.22. The molecule has 6 heteroatoms. The van der Waals surface area contributed by atoms with Gasteiger partial charge in [0, 0.05) is 17.3 Å². The van der Waals surface area contributed by atoms with Gasteiger partial charge in [-0.05, 0) is 68.1 Å². The molecule has 0 aromatic heterocycles. The first-order valence-electron chi connectivity index (χ1n) is 9.36. The van der Waals surface area contributed by atoms with Gasteiger partial charge in [-0.2, -0.15) is 0 Å². The van der Waals surface area contributed by atoms with Crippen LogP contribution in [0.2, 0.25) is 0 Å². The lowest BCUT2D eigenvalue weighted by Gasteiger charge is -2.22. The molecule has 0 atom stereocenters. The van der Waals surface area contributed by atoms with Gasteiger partial charge in [0.2, 0.25) is 10.0 Å². The van der Waals surface area contributed by atoms with Crippen molar-refractivity contribution in [2.75, 3.05) is 5.32 Å². The van der Waals surface area contributed by atoms with Crippen molar-refractivity contribution in [3.8, 4) is 0 Å². The Kier molecular flexibility index (Phi) is 5.97. The zero-order valence-corrected chi connectivity index (χ0v) is 16.6. The molecule has 0 heterocycles. The average Bonchev–Trinajstić information content (AvgIpc) is 2.65. The van der Waals surface area contributed by atoms with Crippen LogP contribution in [-0.4, -0.2) is 20.4 Å². The van der Waals surface area contributed by atoms with Crippen molar-refractivity contribution in [2.45, 2.75) is 56.9 Å². The fourth-order valence-electron chi connectivity index (χ4n) is 3.36. The summed E-state index contributed by atoms with van der Waals surface area (Å²) in [7, 11) is -3.56. The van der Waals surface area contributed by atoms with Crippen molar-refractivity contribution < 1.29 is 13.2 Å². The van der Waals surface area contributed by atoms with Crippen LogP contribution in [0, 0.1) is 13.8 Å². The first-order valence-corrected chi connectivity index (χ1v) is 10.8. The average molecular weight is 387 g/mol. The molecule has 3 rings (SSSR count). The largest absolute Gasteiger partial charge is 0.322 e. The maximum absolute atomic E-state index is 12.5. The Hall–Kier alpha value is -2.18. The van der Waals surface area contributed by atoms with Crippen LogP contribution in [0.15, 0.2) is 47.4 Å². The molecule has 144 valence electrons. The summed E-state index contributed by atoms with van der Waals surface area (Å²) in [4.78, 5) is 12.7. The number of amides is 1. The van der Waals surface area contributed by atoms with Gasteiger partial charge in [0.25, 0.3) is 5.91 Å². The van der Waals surface area contributed by atoms with Gasteiger partial charge < -0.3 is 5.32 Å². The molecule has 0 spiro atoms. The number of hydrogen-bond donors (Lipinski definition) is 2. The van der Waals surface area contributed by atoms with E-state index in [-0.39, 0.29) is 16.8 Å². The van der Waals surface area contributed by atoms with Gasteiger partial charge >= 0.3 is 0 Å². The van der Waals surface area contributed by atoms with Gasteiger partial charge in [-0.15, -0.1) is 0 Å². The summed E-state index contributed by atoms with van der Waals surface area (Å²) in [5, 5.41) is 2.89. The minimum Gasteiger partial charge on any atom is -0.322 e. The van der Waals surface area contributed by atoms with Crippen molar-refractivity contribution >= 4 is 21.6 Å². The Bertz CT molecular complexity index is 915. The van der Waals surface area contributed by atoms with Crippen molar-refractivity contribution in [2.24, 2.45) is 0 Å². The SMILES string of the molecule is Cc1ccc(C)c(NC(=O)c2ccc(S(=O)(=O)NC3CCCCC3)cc2)c1. The second-order valence-electron chi connectivity index (χ2n) is 7.25. The Morgan fingerprint density at radius 3 is 2.30 bits per heavy atom. The van der Waals surface area contributed by atoms with Gasteiger partial charge in [-0.3, -0.25) is 4.79 Å². The van der Waals surface area contributed by atoms with Crippen LogP contribution in [0.4, 0.5) is 5.69 Å². The summed E-state index contributed by atoms with van der Waals surface area (Å²) in [6.07, 6.45) is 5.06. The predicted octanol–water partition coefficient (Wildman–Crippen LogP) is 4.17. The van der Waals surface area contributed by atoms with E-state index >= 15 is 0 Å². The molecule has 2 N–H and O–H groups in total. The first kappa shape index (κ1) is 19.6. The highest BCUT2D eigenvalue weighted by molar-refractivity contribution is 7.89. The Morgan fingerprint density at radius 2 is 1.63 bits per heavy atom. The lowest BCUT2D eigenvalue weighted by atomic mass is 9.96. The van der Waals surface area contributed by atoms with Gasteiger partial charge in [0.15, 0.2) is 0 Å². The molecule has 27 heavy (non-hydrogen) atoms. The summed E-state index contributed by atoms with van der Waals surface area (Å²) < 4.78 is 27.9. The number of anilines is 1. The summed E-state index contributed by atoms with van der Waals surface area (Å²) in [5.74, 6) is -0.257. The topological polar surface area (TPSA) is 75.3 Å². The monoisotopic (exact) mass is 386 g/mol. The molecule has 2 aromatic rings. The zero-order valence-electron chi connectivity index (χ0n) is 15.8. The summed E-state index contributed by atoms with van der Waals surface area (Å²) in [6.45, 7) is 3.90. The van der Waals surface area contributed by atoms with Crippen molar-refractivity contribution in [3.05, 3.63) is 59.2 Å². The van der Waals surface area contributed by atoms with Crippen molar-refractivity contribution in [3.63, 3.8) is 0 Å². The lowest BCUT2D eigenvalue weighted by Crippen LogP contribution is -2.36. The molecule has 1 amide bonds. The standard InChI is InChI=1S/C21H26N2O3S/c1-15-8-9-16(2)20(14-15)22-21(24)17-10-12-19(13-11-17)27(25,26)23-18-6-4-3-5-7-18/h8-14,18,23H,3-7H2,1-2H3,(H,22,24). The van der Waals surface area contributed by atoms with E-state index < -0.39 is 10.0 Å². The fourth-order valence-corrected chi connectivity index (χ4v) is 4.66. The zero-order chi connectivity index (χ0) is 19.4. The van der Waals surface area contributed by atoms with E-state index in [1.54, 1.807) is 12.1 Å². The van der Waals surface area contributed by atoms with E-state index in [1.807, 2.05) is 32.0 Å². The van der Waals surface area contributed by atoms with Gasteiger partial charge in [0.1, 0.15) is 0 Å². The lowest BCUT2D eigenvalue weighted by molar-refractivity contribution is 0.102. The molecule has 1 fully saturated rings. The molecule has 0 aliphatic heterocycles. The van der Waals surface area contributed by atoms with Crippen LogP contribution in [0.5, 0.6) is 0 Å². The number of sulfonamides is 1. The van der Waals surface area contributed by atoms with Gasteiger partial charge in [0.05, 0.1) is 4.90 Å². The first-order chi connectivity index (χ1) is 12.8. The second kappa shape index (κ2) is 8.23. The number of carbonyl (C=O) groups excluding carboxylic acids is 1. The van der Waals surface area contributed by atoms with Gasteiger partial charge in [-0.1, -0.05) is 31.4 Å². The molecule has 0 saturated heterocycles. The molecule has 1 aliphatic carbocycles. The van der Waals surface area contributed by atoms with Crippen molar-refractivity contribution in [1.82, 2.24) is 4.72 Å². The van der Waals surface area contributed by atoms with E-state index in [9.17, 15) is 13.2 Å². The summed E-state index contributed by atoms with van der Waals surface area (Å²) >= 11 is 0. The Morgan fingerprint density at radius 1 is 0.963 bits per heavy atom. The van der Waals surface area contributed by atoms with E-state index in [2.05, 4.69) is 10.0 Å². The number of carbonyl (C=O) groups is 1. The van der Waals surface area contributed by atoms with E-state index in [0.29, 0.717) is 5.56 Å². The quantitative estimate of drug-likeness (QED) is 0.810. The molecule has 1 aliphatic rings. The molecule has 2 aromatic carbocycles. The van der Waals surface area contributed by atoms with Crippen LogP contribution in [0.25, 0.3) is 0 Å². The molecule has 0 bridgehead atoms. The van der Waals surface area contributed by atoms with Crippen molar-refractivity contribution in [1.29, 1.82) is 0 Å². The van der Waals surface area contributed by atoms with E-state index in [1.165, 1.54) is 18.6 Å². The fraction of sp³-hybridized carbons (Fsp3) is 0.381. The summed E-state index contributed by atoms with van der Waals surface area (Å²) in [6, 6.07) is 12.0. The van der Waals surface area contributed by atoms with Gasteiger partial charge in [-0.25, -0.2) is 13.1 Å².